The summed E-state index contributed by atoms with van der Waals surface area (Å²) in [6.07, 6.45) is 10.1. The summed E-state index contributed by atoms with van der Waals surface area (Å²) in [5.41, 5.74) is 0.195. The number of quaternary nitrogens is 1. The van der Waals surface area contributed by atoms with Crippen molar-refractivity contribution >= 4 is 19.6 Å². The third kappa shape index (κ3) is 14.9. The Hall–Kier alpha value is -0.770. The van der Waals surface area contributed by atoms with Crippen LogP contribution >= 0.6 is 8.15 Å². The van der Waals surface area contributed by atoms with Crippen LogP contribution < -0.4 is 0 Å². The van der Waals surface area contributed by atoms with Crippen molar-refractivity contribution < 1.29 is 23.7 Å². The van der Waals surface area contributed by atoms with E-state index in [9.17, 15) is 14.5 Å². The molecule has 6 heteroatoms. The molecule has 5 nitrogen and oxygen atoms in total. The molecule has 2 atom stereocenters. The van der Waals surface area contributed by atoms with Gasteiger partial charge in [-0.2, -0.15) is 0 Å². The molecule has 27 heavy (non-hydrogen) atoms. The van der Waals surface area contributed by atoms with E-state index in [1.54, 1.807) is 6.92 Å². The molecular formula is C21H41NO4P+. The number of carbonyl (C=O) groups excluding carboxylic acids is 2. The number of ether oxygens (including phenoxy) is 1. The van der Waals surface area contributed by atoms with E-state index in [1.807, 2.05) is 21.1 Å². The number of hydrogen-bond acceptors (Lipinski definition) is 4. The molecule has 0 aromatic carbocycles. The smallest absolute Gasteiger partial charge is 0.333 e. The van der Waals surface area contributed by atoms with Gasteiger partial charge < -0.3 is 14.1 Å². The second kappa shape index (κ2) is 14.3. The van der Waals surface area contributed by atoms with Crippen molar-refractivity contribution in [3.63, 3.8) is 0 Å². The summed E-state index contributed by atoms with van der Waals surface area (Å²) >= 11 is 0. The highest BCUT2D eigenvalue weighted by atomic mass is 31.1. The van der Waals surface area contributed by atoms with Crippen molar-refractivity contribution in [2.45, 2.75) is 77.7 Å². The van der Waals surface area contributed by atoms with Crippen molar-refractivity contribution in [2.24, 2.45) is 0 Å². The van der Waals surface area contributed by atoms with Gasteiger partial charge in [0.15, 0.2) is 0 Å². The minimum absolute atomic E-state index is 0.148. The first kappa shape index (κ1) is 26.2. The molecule has 0 fully saturated rings. The molecule has 0 aromatic heterocycles. The number of unbranched alkanes of at least 4 members (excludes halogenated alkanes) is 7. The number of esters is 1. The highest BCUT2D eigenvalue weighted by Gasteiger charge is 2.27. The van der Waals surface area contributed by atoms with Crippen LogP contribution in [0.15, 0.2) is 12.2 Å². The fourth-order valence-electron chi connectivity index (χ4n) is 2.73. The number of rotatable bonds is 16. The Kier molecular flexibility index (Phi) is 13.9. The quantitative estimate of drug-likeness (QED) is 0.134. The molecule has 0 heterocycles. The van der Waals surface area contributed by atoms with E-state index in [1.165, 1.54) is 38.5 Å². The summed E-state index contributed by atoms with van der Waals surface area (Å²) in [7, 11) is 3.96. The van der Waals surface area contributed by atoms with Crippen molar-refractivity contribution in [1.82, 2.24) is 0 Å². The van der Waals surface area contributed by atoms with Gasteiger partial charge in [0.25, 0.3) is 0 Å². The standard InChI is InChI=1S/C21H41NO4P/c1-7-8-9-10-11-12-13-14-15-19(26-21(24)18(2)3)17-27(25)20(23)16-22(4,5)6/h19,25H,2,7-17H2,1,3-6H3/q+1. The van der Waals surface area contributed by atoms with Crippen molar-refractivity contribution in [1.29, 1.82) is 0 Å². The first-order valence-electron chi connectivity index (χ1n) is 10.2. The third-order valence-corrected chi connectivity index (χ3v) is 5.75. The van der Waals surface area contributed by atoms with Crippen molar-refractivity contribution in [2.75, 3.05) is 33.8 Å². The molecule has 2 unspecified atom stereocenters. The molecule has 0 bridgehead atoms. The van der Waals surface area contributed by atoms with Crippen molar-refractivity contribution in [3.05, 3.63) is 12.2 Å². The van der Waals surface area contributed by atoms with E-state index >= 15 is 0 Å². The van der Waals surface area contributed by atoms with Crippen LogP contribution in [-0.2, 0) is 14.3 Å². The number of hydrogen-bond donors (Lipinski definition) is 1. The van der Waals surface area contributed by atoms with Crippen LogP contribution in [0.4, 0.5) is 0 Å². The lowest BCUT2D eigenvalue weighted by atomic mass is 10.1. The maximum Gasteiger partial charge on any atom is 0.333 e. The minimum atomic E-state index is -1.79. The fraction of sp³-hybridized carbons (Fsp3) is 0.810. The molecule has 0 aliphatic carbocycles. The van der Waals surface area contributed by atoms with Gasteiger partial charge in [0.05, 0.1) is 21.1 Å². The third-order valence-electron chi connectivity index (χ3n) is 4.28. The second-order valence-corrected chi connectivity index (χ2v) is 10.2. The van der Waals surface area contributed by atoms with E-state index < -0.39 is 20.2 Å². The van der Waals surface area contributed by atoms with Gasteiger partial charge in [-0.25, -0.2) is 4.79 Å². The van der Waals surface area contributed by atoms with Gasteiger partial charge in [-0.15, -0.1) is 0 Å². The number of carbonyl (C=O) groups is 2. The van der Waals surface area contributed by atoms with Gasteiger partial charge >= 0.3 is 5.97 Å². The van der Waals surface area contributed by atoms with E-state index in [-0.39, 0.29) is 18.2 Å². The molecule has 0 radical (unpaired) electrons. The van der Waals surface area contributed by atoms with Crippen LogP contribution in [-0.4, -0.2) is 60.8 Å². The Morgan fingerprint density at radius 1 is 1.04 bits per heavy atom. The molecule has 0 saturated heterocycles. The molecule has 0 rings (SSSR count). The molecule has 0 aromatic rings. The lowest BCUT2D eigenvalue weighted by Gasteiger charge is -2.25. The predicted octanol–water partition coefficient (Wildman–Crippen LogP) is 4.63. The molecular weight excluding hydrogens is 361 g/mol. The number of nitrogens with zero attached hydrogens (tertiary/aromatic N) is 1. The zero-order valence-electron chi connectivity index (χ0n) is 18.1. The summed E-state index contributed by atoms with van der Waals surface area (Å²) < 4.78 is 5.96. The Labute approximate surface area is 167 Å². The van der Waals surface area contributed by atoms with E-state index in [2.05, 4.69) is 13.5 Å². The maximum absolute atomic E-state index is 12.2. The summed E-state index contributed by atoms with van der Waals surface area (Å²) in [4.78, 5) is 34.4. The molecule has 0 aliphatic rings. The van der Waals surface area contributed by atoms with Crippen LogP contribution in [0.3, 0.4) is 0 Å². The number of likely N-dealkylation sites (N-methyl/N-ethyl adjacent to an activating group) is 1. The summed E-state index contributed by atoms with van der Waals surface area (Å²) in [5, 5.41) is 0. The van der Waals surface area contributed by atoms with Crippen LogP contribution in [0.5, 0.6) is 0 Å². The highest BCUT2D eigenvalue weighted by Crippen LogP contribution is 2.34. The largest absolute Gasteiger partial charge is 0.459 e. The Morgan fingerprint density at radius 3 is 2.04 bits per heavy atom. The van der Waals surface area contributed by atoms with Gasteiger partial charge in [-0.3, -0.25) is 4.79 Å². The van der Waals surface area contributed by atoms with Gasteiger partial charge in [-0.05, 0) is 19.8 Å². The molecule has 1 N–H and O–H groups in total. The first-order chi connectivity index (χ1) is 12.6. The highest BCUT2D eigenvalue weighted by molar-refractivity contribution is 7.69. The lowest BCUT2D eigenvalue weighted by Crippen LogP contribution is -2.39. The average molecular weight is 403 g/mol. The predicted molar refractivity (Wildman–Crippen MR) is 114 cm³/mol. The summed E-state index contributed by atoms with van der Waals surface area (Å²) in [6, 6.07) is 0. The zero-order chi connectivity index (χ0) is 20.9. The minimum Gasteiger partial charge on any atom is -0.459 e. The topological polar surface area (TPSA) is 63.6 Å². The Bertz CT molecular complexity index is 460. The van der Waals surface area contributed by atoms with Crippen LogP contribution in [0.1, 0.15) is 71.6 Å². The molecule has 0 saturated carbocycles. The molecule has 0 spiro atoms. The average Bonchev–Trinajstić information content (AvgIpc) is 2.55. The zero-order valence-corrected chi connectivity index (χ0v) is 19.0. The van der Waals surface area contributed by atoms with E-state index in [0.717, 1.165) is 12.8 Å². The molecule has 158 valence electrons. The van der Waals surface area contributed by atoms with Crippen LogP contribution in [0.2, 0.25) is 0 Å². The first-order valence-corrected chi connectivity index (χ1v) is 11.7. The Morgan fingerprint density at radius 2 is 1.56 bits per heavy atom. The Balaban J connectivity index is 4.42. The summed E-state index contributed by atoms with van der Waals surface area (Å²) in [5.74, 6) is -0.443. The fourth-order valence-corrected chi connectivity index (χ4v) is 4.16. The SMILES string of the molecule is C=C(C)C(=O)OC(CCCCCCCCCC)CP(O)C(=O)C[N+](C)(C)C. The van der Waals surface area contributed by atoms with Gasteiger partial charge in [0.2, 0.25) is 5.52 Å². The van der Waals surface area contributed by atoms with Gasteiger partial charge in [0.1, 0.15) is 20.8 Å². The van der Waals surface area contributed by atoms with Gasteiger partial charge in [0, 0.05) is 11.7 Å². The maximum atomic E-state index is 12.2. The molecule has 0 aliphatic heterocycles. The van der Waals surface area contributed by atoms with Crippen LogP contribution in [0.25, 0.3) is 0 Å². The van der Waals surface area contributed by atoms with E-state index in [4.69, 9.17) is 4.74 Å². The second-order valence-electron chi connectivity index (χ2n) is 8.50. The van der Waals surface area contributed by atoms with Crippen LogP contribution in [0, 0.1) is 0 Å². The van der Waals surface area contributed by atoms with E-state index in [0.29, 0.717) is 16.5 Å². The normalized spacial score (nSPS) is 13.9. The summed E-state index contributed by atoms with van der Waals surface area (Å²) in [6.45, 7) is 7.72. The molecule has 0 amide bonds. The monoisotopic (exact) mass is 402 g/mol. The lowest BCUT2D eigenvalue weighted by molar-refractivity contribution is -0.861. The van der Waals surface area contributed by atoms with Crippen molar-refractivity contribution in [3.8, 4) is 0 Å². The van der Waals surface area contributed by atoms with Gasteiger partial charge in [-0.1, -0.05) is 58.4 Å².